The summed E-state index contributed by atoms with van der Waals surface area (Å²) in [5.41, 5.74) is 0. The van der Waals surface area contributed by atoms with Crippen LogP contribution >= 0.6 is 7.82 Å². The zero-order valence-corrected chi connectivity index (χ0v) is 37.5. The van der Waals surface area contributed by atoms with Crippen molar-refractivity contribution < 1.29 is 42.1 Å². The van der Waals surface area contributed by atoms with Gasteiger partial charge in [-0.1, -0.05) is 140 Å². The van der Waals surface area contributed by atoms with Crippen LogP contribution in [0.2, 0.25) is 0 Å². The summed E-state index contributed by atoms with van der Waals surface area (Å²) in [5.74, 6) is -0.835. The van der Waals surface area contributed by atoms with Crippen LogP contribution in [0.1, 0.15) is 181 Å². The van der Waals surface area contributed by atoms with E-state index in [2.05, 4.69) is 62.5 Å². The van der Waals surface area contributed by atoms with E-state index in [0.29, 0.717) is 17.4 Å². The van der Waals surface area contributed by atoms with Gasteiger partial charge in [0.2, 0.25) is 0 Å². The number of hydrogen-bond donors (Lipinski definition) is 1. The van der Waals surface area contributed by atoms with Crippen LogP contribution in [-0.2, 0) is 32.7 Å². The molecule has 0 aliphatic carbocycles. The van der Waals surface area contributed by atoms with Crippen molar-refractivity contribution in [3.8, 4) is 0 Å². The first-order chi connectivity index (χ1) is 27.0. The van der Waals surface area contributed by atoms with Crippen LogP contribution in [-0.4, -0.2) is 74.9 Å². The molecular formula is C46H85NO8P+. The first-order valence-electron chi connectivity index (χ1n) is 22.4. The Morgan fingerprint density at radius 1 is 0.554 bits per heavy atom. The number of carbonyl (C=O) groups is 2. The summed E-state index contributed by atoms with van der Waals surface area (Å²) in [6.07, 6.45) is 44.4. The number of unbranched alkanes of at least 4 members (excludes halogenated alkanes) is 18. The number of ether oxygens (including phenoxy) is 2. The van der Waals surface area contributed by atoms with Crippen LogP contribution in [0.15, 0.2) is 48.6 Å². The molecule has 326 valence electrons. The van der Waals surface area contributed by atoms with Gasteiger partial charge in [0.25, 0.3) is 0 Å². The highest BCUT2D eigenvalue weighted by Crippen LogP contribution is 2.43. The molecule has 0 aromatic carbocycles. The van der Waals surface area contributed by atoms with Crippen molar-refractivity contribution in [1.82, 2.24) is 0 Å². The normalized spacial score (nSPS) is 14.0. The van der Waals surface area contributed by atoms with Gasteiger partial charge in [-0.25, -0.2) is 4.57 Å². The van der Waals surface area contributed by atoms with E-state index < -0.39 is 26.5 Å². The summed E-state index contributed by atoms with van der Waals surface area (Å²) < 4.78 is 34.3. The third-order valence-electron chi connectivity index (χ3n) is 9.33. The quantitative estimate of drug-likeness (QED) is 0.0214. The molecule has 10 heteroatoms. The van der Waals surface area contributed by atoms with Crippen molar-refractivity contribution in [3.63, 3.8) is 0 Å². The van der Waals surface area contributed by atoms with Gasteiger partial charge in [-0.3, -0.25) is 18.6 Å². The summed E-state index contributed by atoms with van der Waals surface area (Å²) in [6, 6.07) is 0. The second-order valence-electron chi connectivity index (χ2n) is 16.1. The van der Waals surface area contributed by atoms with Crippen molar-refractivity contribution in [2.24, 2.45) is 0 Å². The Balaban J connectivity index is 4.42. The maximum Gasteiger partial charge on any atom is 0.472 e. The van der Waals surface area contributed by atoms with Crippen LogP contribution < -0.4 is 0 Å². The topological polar surface area (TPSA) is 108 Å². The van der Waals surface area contributed by atoms with Gasteiger partial charge in [0.15, 0.2) is 6.10 Å². The maximum atomic E-state index is 12.7. The SMILES string of the molecule is CCCCC/C=C\C/C=C\C/C=C\CCCCCCC(=O)O[C@H](COC(=O)CCCCCCC/C=C\CCCCCCCC)COP(=O)(O)OCC[N+](C)(C)C. The van der Waals surface area contributed by atoms with Crippen molar-refractivity contribution in [2.75, 3.05) is 47.5 Å². The molecule has 0 heterocycles. The molecule has 0 aliphatic heterocycles. The van der Waals surface area contributed by atoms with Gasteiger partial charge in [-0.2, -0.15) is 0 Å². The molecule has 0 rings (SSSR count). The summed E-state index contributed by atoms with van der Waals surface area (Å²) in [7, 11) is 1.45. The first-order valence-corrected chi connectivity index (χ1v) is 23.9. The molecule has 0 radical (unpaired) electrons. The molecule has 1 unspecified atom stereocenters. The van der Waals surface area contributed by atoms with Gasteiger partial charge < -0.3 is 18.9 Å². The first kappa shape index (κ1) is 54.0. The van der Waals surface area contributed by atoms with Crippen LogP contribution in [0.4, 0.5) is 0 Å². The van der Waals surface area contributed by atoms with E-state index in [9.17, 15) is 19.0 Å². The molecule has 1 N–H and O–H groups in total. The fourth-order valence-electron chi connectivity index (χ4n) is 5.78. The summed E-state index contributed by atoms with van der Waals surface area (Å²) in [5, 5.41) is 0. The van der Waals surface area contributed by atoms with Crippen molar-refractivity contribution in [1.29, 1.82) is 0 Å². The number of carbonyl (C=O) groups excluding carboxylic acids is 2. The summed E-state index contributed by atoms with van der Waals surface area (Å²) in [4.78, 5) is 35.4. The Kier molecular flexibility index (Phi) is 37.1. The van der Waals surface area contributed by atoms with Gasteiger partial charge in [-0.05, 0) is 77.0 Å². The largest absolute Gasteiger partial charge is 0.472 e. The highest BCUT2D eigenvalue weighted by Gasteiger charge is 2.27. The molecule has 56 heavy (non-hydrogen) atoms. The van der Waals surface area contributed by atoms with E-state index in [-0.39, 0.29) is 32.0 Å². The monoisotopic (exact) mass is 811 g/mol. The molecule has 0 spiro atoms. The number of rotatable bonds is 40. The molecule has 0 fully saturated rings. The third kappa shape index (κ3) is 41.6. The molecule has 0 saturated carbocycles. The Morgan fingerprint density at radius 3 is 1.48 bits per heavy atom. The number of phosphoric ester groups is 1. The Hall–Kier alpha value is -2.03. The van der Waals surface area contributed by atoms with E-state index in [4.69, 9.17) is 18.5 Å². The third-order valence-corrected chi connectivity index (χ3v) is 10.3. The minimum Gasteiger partial charge on any atom is -0.462 e. The van der Waals surface area contributed by atoms with Gasteiger partial charge in [0.1, 0.15) is 19.8 Å². The van der Waals surface area contributed by atoms with Gasteiger partial charge >= 0.3 is 19.8 Å². The molecule has 0 aromatic heterocycles. The van der Waals surface area contributed by atoms with E-state index in [1.54, 1.807) is 0 Å². The Morgan fingerprint density at radius 2 is 0.964 bits per heavy atom. The fraction of sp³-hybridized carbons (Fsp3) is 0.783. The summed E-state index contributed by atoms with van der Waals surface area (Å²) in [6.45, 7) is 4.35. The number of quaternary nitrogens is 1. The van der Waals surface area contributed by atoms with E-state index in [1.807, 2.05) is 21.1 Å². The molecule has 9 nitrogen and oxygen atoms in total. The number of nitrogens with zero attached hydrogens (tertiary/aromatic N) is 1. The molecule has 0 saturated heterocycles. The zero-order valence-electron chi connectivity index (χ0n) is 36.6. The highest BCUT2D eigenvalue weighted by atomic mass is 31.2. The highest BCUT2D eigenvalue weighted by molar-refractivity contribution is 7.47. The van der Waals surface area contributed by atoms with Crippen LogP contribution in [0.5, 0.6) is 0 Å². The smallest absolute Gasteiger partial charge is 0.462 e. The van der Waals surface area contributed by atoms with Crippen LogP contribution in [0, 0.1) is 0 Å². The van der Waals surface area contributed by atoms with Crippen molar-refractivity contribution >= 4 is 19.8 Å². The molecule has 0 amide bonds. The Bertz CT molecular complexity index is 1100. The zero-order chi connectivity index (χ0) is 41.4. The maximum absolute atomic E-state index is 12.7. The van der Waals surface area contributed by atoms with E-state index in [0.717, 1.165) is 77.0 Å². The average molecular weight is 811 g/mol. The predicted octanol–water partition coefficient (Wildman–Crippen LogP) is 12.7. The standard InChI is InChI=1S/C46H84NO8P/c1-6-8-10-12-14-16-18-20-22-23-25-27-29-31-33-35-37-39-46(49)55-44(43-54-56(50,51)53-41-40-47(3,4)5)42-52-45(48)38-36-34-32-30-28-26-24-21-19-17-15-13-11-9-7-2/h14,16,20-22,24-25,27,44H,6-13,15,17-19,23,26,28-43H2,1-5H3/p+1/b16-14-,22-20-,24-21-,27-25-/t44-/m1/s1. The minimum absolute atomic E-state index is 0.0244. The fourth-order valence-corrected chi connectivity index (χ4v) is 6.52. The number of likely N-dealkylation sites (N-methyl/N-ethyl adjacent to an activating group) is 1. The molecular weight excluding hydrogens is 725 g/mol. The summed E-state index contributed by atoms with van der Waals surface area (Å²) >= 11 is 0. The van der Waals surface area contributed by atoms with Crippen LogP contribution in [0.25, 0.3) is 0 Å². The second kappa shape index (κ2) is 38.5. The lowest BCUT2D eigenvalue weighted by molar-refractivity contribution is -0.870. The number of phosphoric acid groups is 1. The van der Waals surface area contributed by atoms with Crippen molar-refractivity contribution in [2.45, 2.75) is 187 Å². The van der Waals surface area contributed by atoms with Gasteiger partial charge in [-0.15, -0.1) is 0 Å². The number of hydrogen-bond acceptors (Lipinski definition) is 7. The molecule has 2 atom stereocenters. The molecule has 0 bridgehead atoms. The lowest BCUT2D eigenvalue weighted by atomic mass is 10.1. The number of esters is 2. The molecule has 0 aromatic rings. The van der Waals surface area contributed by atoms with Crippen molar-refractivity contribution in [3.05, 3.63) is 48.6 Å². The minimum atomic E-state index is -4.38. The van der Waals surface area contributed by atoms with Gasteiger partial charge in [0.05, 0.1) is 27.7 Å². The second-order valence-corrected chi connectivity index (χ2v) is 17.5. The lowest BCUT2D eigenvalue weighted by Crippen LogP contribution is -2.37. The van der Waals surface area contributed by atoms with Crippen LogP contribution in [0.3, 0.4) is 0 Å². The average Bonchev–Trinajstić information content (AvgIpc) is 3.15. The van der Waals surface area contributed by atoms with Gasteiger partial charge in [0, 0.05) is 12.8 Å². The number of allylic oxidation sites excluding steroid dienone is 8. The van der Waals surface area contributed by atoms with E-state index in [1.165, 1.54) is 70.6 Å². The van der Waals surface area contributed by atoms with E-state index >= 15 is 0 Å². The molecule has 0 aliphatic rings. The Labute approximate surface area is 343 Å². The lowest BCUT2D eigenvalue weighted by Gasteiger charge is -2.24. The predicted molar refractivity (Wildman–Crippen MR) is 233 cm³/mol.